The van der Waals surface area contributed by atoms with Gasteiger partial charge in [-0.3, -0.25) is 33.7 Å². The van der Waals surface area contributed by atoms with E-state index < -0.39 is 17.7 Å². The van der Waals surface area contributed by atoms with Crippen molar-refractivity contribution in [3.05, 3.63) is 159 Å². The molecule has 2 atom stereocenters. The first kappa shape index (κ1) is 47.5. The molecule has 5 aromatic carbocycles. The van der Waals surface area contributed by atoms with Gasteiger partial charge in [-0.05, 0) is 97.8 Å². The van der Waals surface area contributed by atoms with E-state index in [9.17, 15) is 33.6 Å². The van der Waals surface area contributed by atoms with E-state index in [4.69, 9.17) is 18.9 Å². The van der Waals surface area contributed by atoms with Crippen LogP contribution in [0.25, 0.3) is 0 Å². The van der Waals surface area contributed by atoms with Gasteiger partial charge in [0.15, 0.2) is 11.6 Å². The Morgan fingerprint density at radius 2 is 1.03 bits per heavy atom. The van der Waals surface area contributed by atoms with Gasteiger partial charge in [-0.1, -0.05) is 72.8 Å². The molecule has 14 heteroatoms. The van der Waals surface area contributed by atoms with Crippen LogP contribution < -0.4 is 14.2 Å². The van der Waals surface area contributed by atoms with Crippen molar-refractivity contribution in [2.24, 2.45) is 0 Å². The van der Waals surface area contributed by atoms with Crippen molar-refractivity contribution < 1.29 is 52.5 Å². The molecule has 2 aliphatic carbocycles. The van der Waals surface area contributed by atoms with E-state index in [0.717, 1.165) is 44.7 Å². The monoisotopic (exact) mass is 945 g/mol. The quantitative estimate of drug-likeness (QED) is 0.116. The smallest absolute Gasteiger partial charge is 0.410 e. The molecule has 2 unspecified atom stereocenters. The summed E-state index contributed by atoms with van der Waals surface area (Å²) in [6.45, 7) is 8.33. The van der Waals surface area contributed by atoms with E-state index in [1.165, 1.54) is 0 Å². The molecule has 0 N–H and O–H groups in total. The first-order valence-electron chi connectivity index (χ1n) is 23.7. The highest BCUT2D eigenvalue weighted by molar-refractivity contribution is 6.08. The molecule has 5 aromatic rings. The first-order chi connectivity index (χ1) is 33.7. The van der Waals surface area contributed by atoms with Crippen LogP contribution in [0.4, 0.5) is 4.79 Å². The van der Waals surface area contributed by atoms with E-state index in [1.807, 2.05) is 106 Å². The summed E-state index contributed by atoms with van der Waals surface area (Å²) in [7, 11) is 0. The molecule has 3 aliphatic heterocycles. The van der Waals surface area contributed by atoms with Gasteiger partial charge < -0.3 is 28.7 Å². The van der Waals surface area contributed by atoms with Crippen LogP contribution in [-0.4, -0.2) is 73.4 Å². The summed E-state index contributed by atoms with van der Waals surface area (Å²) in [4.78, 5) is 91.3. The lowest BCUT2D eigenvalue weighted by atomic mass is 9.92. The number of nitrogens with zero attached hydrogens (tertiary/aromatic N) is 3. The Morgan fingerprint density at radius 1 is 0.543 bits per heavy atom. The van der Waals surface area contributed by atoms with Gasteiger partial charge in [-0.15, -0.1) is 0 Å². The van der Waals surface area contributed by atoms with Crippen molar-refractivity contribution >= 4 is 41.0 Å². The Hall–Kier alpha value is -7.61. The topological polar surface area (TPSA) is 166 Å². The average Bonchev–Trinajstić information content (AvgIpc) is 4.03. The Bertz CT molecular complexity index is 2870. The maximum Gasteiger partial charge on any atom is 0.410 e. The van der Waals surface area contributed by atoms with Crippen LogP contribution >= 0.6 is 0 Å². The molecular formula is C56H55N3O11. The molecule has 2 fully saturated rings. The standard InChI is InChI=1S/C28H30N2O6.C28H25NO5/c1-28(2,3)36-27(34)29-13-18-8-7-17(11-19(18)14-29)16-35-25-6-4-5-21-22(25)15-30(26(21)33)23-10-9-20(31)12-24(23)32;30-21-13-14-25(26(31)15-21)29-16-24-23(28(29)32)7-4-8-27(24)34-18-20-11-9-19(10-12-20)17-33-22-5-2-1-3-6-22/h4-8,11,23H,9-10,12-16H2,1-3H3;1-12,25H,13-18H2. The number of ketones is 4. The van der Waals surface area contributed by atoms with E-state index in [2.05, 4.69) is 0 Å². The lowest BCUT2D eigenvalue weighted by Crippen LogP contribution is -2.44. The number of fused-ring (bicyclic) bond motifs is 3. The van der Waals surface area contributed by atoms with Crippen molar-refractivity contribution in [1.82, 2.24) is 14.7 Å². The molecule has 0 radical (unpaired) electrons. The van der Waals surface area contributed by atoms with Crippen molar-refractivity contribution in [2.75, 3.05) is 0 Å². The van der Waals surface area contributed by atoms with E-state index in [1.54, 1.807) is 39.0 Å². The molecule has 2 saturated carbocycles. The Labute approximate surface area is 406 Å². The van der Waals surface area contributed by atoms with Gasteiger partial charge in [0.1, 0.15) is 54.2 Å². The van der Waals surface area contributed by atoms with Gasteiger partial charge in [-0.2, -0.15) is 0 Å². The first-order valence-corrected chi connectivity index (χ1v) is 23.7. The summed E-state index contributed by atoms with van der Waals surface area (Å²) < 4.78 is 23.5. The molecule has 3 amide bonds. The fourth-order valence-corrected chi connectivity index (χ4v) is 9.53. The maximum atomic E-state index is 13.0. The van der Waals surface area contributed by atoms with Crippen LogP contribution in [0.1, 0.15) is 119 Å². The zero-order valence-electron chi connectivity index (χ0n) is 39.6. The molecular weight excluding hydrogens is 891 g/mol. The van der Waals surface area contributed by atoms with Crippen molar-refractivity contribution in [3.63, 3.8) is 0 Å². The Balaban J connectivity index is 0.000000174. The number of carbonyl (C=O) groups is 7. The van der Waals surface area contributed by atoms with Crippen molar-refractivity contribution in [1.29, 1.82) is 0 Å². The van der Waals surface area contributed by atoms with Crippen LogP contribution in [0.3, 0.4) is 0 Å². The second-order valence-corrected chi connectivity index (χ2v) is 19.3. The number of hydrogen-bond donors (Lipinski definition) is 0. The third kappa shape index (κ3) is 10.7. The predicted molar refractivity (Wildman–Crippen MR) is 256 cm³/mol. The van der Waals surface area contributed by atoms with Crippen LogP contribution in [0.2, 0.25) is 0 Å². The molecule has 0 bridgehead atoms. The molecule has 0 spiro atoms. The highest BCUT2D eigenvalue weighted by atomic mass is 16.6. The third-order valence-electron chi connectivity index (χ3n) is 13.1. The number of rotatable bonds is 11. The molecule has 10 rings (SSSR count). The van der Waals surface area contributed by atoms with Crippen LogP contribution in [-0.2, 0) is 69.9 Å². The number of para-hydroxylation sites is 1. The Kier molecular flexibility index (Phi) is 13.7. The normalized spacial score (nSPS) is 18.5. The van der Waals surface area contributed by atoms with Gasteiger partial charge in [0.05, 0.1) is 38.0 Å². The molecule has 360 valence electrons. The summed E-state index contributed by atoms with van der Waals surface area (Å²) in [6, 6.07) is 33.4. The minimum Gasteiger partial charge on any atom is -0.489 e. The summed E-state index contributed by atoms with van der Waals surface area (Å²) in [6.07, 6.45) is 0.928. The fraction of sp³-hybridized carbons (Fsp3) is 0.339. The van der Waals surface area contributed by atoms with Gasteiger partial charge >= 0.3 is 6.09 Å². The number of benzene rings is 5. The average molecular weight is 946 g/mol. The summed E-state index contributed by atoms with van der Waals surface area (Å²) in [5, 5.41) is 0. The van der Waals surface area contributed by atoms with Gasteiger partial charge in [0, 0.05) is 48.2 Å². The van der Waals surface area contributed by atoms with Crippen molar-refractivity contribution in [2.45, 2.75) is 123 Å². The largest absolute Gasteiger partial charge is 0.489 e. The van der Waals surface area contributed by atoms with Gasteiger partial charge in [-0.25, -0.2) is 4.79 Å². The summed E-state index contributed by atoms with van der Waals surface area (Å²) in [5.41, 5.74) is 7.30. The van der Waals surface area contributed by atoms with E-state index in [0.29, 0.717) is 94.3 Å². The fourth-order valence-electron chi connectivity index (χ4n) is 9.53. The molecule has 70 heavy (non-hydrogen) atoms. The third-order valence-corrected chi connectivity index (χ3v) is 13.1. The Morgan fingerprint density at radius 3 is 1.54 bits per heavy atom. The second kappa shape index (κ2) is 20.2. The SMILES string of the molecule is CC(C)(C)OC(=O)N1Cc2ccc(COc3cccc4c3CN(C3CCC(=O)CC3=O)C4=O)cc2C1.O=C1CCC(N2Cc3c(OCc4ccc(COc5ccccc5)cc4)cccc3C2=O)C(=O)C1. The zero-order valence-corrected chi connectivity index (χ0v) is 39.6. The van der Waals surface area contributed by atoms with Crippen molar-refractivity contribution in [3.8, 4) is 17.2 Å². The van der Waals surface area contributed by atoms with Crippen LogP contribution in [0.5, 0.6) is 17.2 Å². The van der Waals surface area contributed by atoms with Gasteiger partial charge in [0.25, 0.3) is 11.8 Å². The molecule has 3 heterocycles. The number of amides is 3. The van der Waals surface area contributed by atoms with Crippen LogP contribution in [0.15, 0.2) is 109 Å². The van der Waals surface area contributed by atoms with Crippen LogP contribution in [0, 0.1) is 0 Å². The molecule has 0 aromatic heterocycles. The predicted octanol–water partition coefficient (Wildman–Crippen LogP) is 8.65. The lowest BCUT2D eigenvalue weighted by molar-refractivity contribution is -0.134. The number of Topliss-reactive ketones (excluding diaryl/α,β-unsaturated/α-hetero) is 4. The zero-order chi connectivity index (χ0) is 49.1. The van der Waals surface area contributed by atoms with Gasteiger partial charge in [0.2, 0.25) is 0 Å². The summed E-state index contributed by atoms with van der Waals surface area (Å²) in [5.74, 6) is 1.25. The number of carbonyl (C=O) groups excluding carboxylic acids is 7. The van der Waals surface area contributed by atoms with E-state index >= 15 is 0 Å². The highest BCUT2D eigenvalue weighted by Gasteiger charge is 2.41. The molecule has 5 aliphatic rings. The van der Waals surface area contributed by atoms with E-state index in [-0.39, 0.29) is 53.9 Å². The summed E-state index contributed by atoms with van der Waals surface area (Å²) >= 11 is 0. The molecule has 0 saturated heterocycles. The second-order valence-electron chi connectivity index (χ2n) is 19.3. The maximum absolute atomic E-state index is 13.0. The highest BCUT2D eigenvalue weighted by Crippen LogP contribution is 2.37. The number of ether oxygens (including phenoxy) is 4. The minimum atomic E-state index is -0.555. The molecule has 14 nitrogen and oxygen atoms in total. The minimum absolute atomic E-state index is 0.0490. The number of hydrogen-bond acceptors (Lipinski definition) is 11. The lowest BCUT2D eigenvalue weighted by Gasteiger charge is -2.29.